The number of aromatic nitrogens is 3. The molecule has 2 aliphatic rings. The summed E-state index contributed by atoms with van der Waals surface area (Å²) in [6, 6.07) is 14.4. The number of nitrogens with one attached hydrogen (secondary N) is 1. The van der Waals surface area contributed by atoms with Crippen LogP contribution in [0.2, 0.25) is 5.02 Å². The van der Waals surface area contributed by atoms with E-state index in [-0.39, 0.29) is 36.4 Å². The molecule has 0 saturated heterocycles. The second-order valence-electron chi connectivity index (χ2n) is 9.17. The molecule has 0 saturated carbocycles. The number of fused-ring (bicyclic) bond motifs is 2. The topological polar surface area (TPSA) is 127 Å². The first-order chi connectivity index (χ1) is 18.9. The van der Waals surface area contributed by atoms with Gasteiger partial charge in [0.05, 0.1) is 48.8 Å². The quantitative estimate of drug-likeness (QED) is 0.280. The highest BCUT2D eigenvalue weighted by Gasteiger charge is 2.43. The molecule has 2 aliphatic heterocycles. The molecular formula is C28H22ClN5O5. The molecule has 2 aromatic heterocycles. The Morgan fingerprint density at radius 3 is 2.77 bits per heavy atom. The number of hydrogen-bond acceptors (Lipinski definition) is 8. The van der Waals surface area contributed by atoms with Gasteiger partial charge in [-0.25, -0.2) is 4.79 Å². The zero-order valence-corrected chi connectivity index (χ0v) is 21.5. The molecule has 2 amide bonds. The second kappa shape index (κ2) is 9.64. The van der Waals surface area contributed by atoms with Crippen LogP contribution in [-0.4, -0.2) is 57.9 Å². The van der Waals surface area contributed by atoms with Gasteiger partial charge in [-0.2, -0.15) is 5.10 Å². The van der Waals surface area contributed by atoms with E-state index >= 15 is 0 Å². The summed E-state index contributed by atoms with van der Waals surface area (Å²) in [5.41, 5.74) is 3.99. The molecule has 0 aliphatic carbocycles. The highest BCUT2D eigenvalue weighted by molar-refractivity contribution is 6.37. The van der Waals surface area contributed by atoms with Crippen molar-refractivity contribution >= 4 is 57.2 Å². The average Bonchev–Trinajstić information content (AvgIpc) is 3.58. The minimum Gasteiger partial charge on any atom is -0.465 e. The van der Waals surface area contributed by atoms with Gasteiger partial charge in [0.2, 0.25) is 0 Å². The number of anilines is 2. The van der Waals surface area contributed by atoms with Crippen molar-refractivity contribution in [2.24, 2.45) is 0 Å². The predicted octanol–water partition coefficient (Wildman–Crippen LogP) is 3.21. The number of methoxy groups -OCH3 is 1. The third-order valence-corrected chi connectivity index (χ3v) is 7.24. The average molecular weight is 544 g/mol. The number of amides is 2. The Labute approximate surface area is 227 Å². The fourth-order valence-electron chi connectivity index (χ4n) is 5.34. The number of aliphatic hydroxyl groups is 1. The van der Waals surface area contributed by atoms with Gasteiger partial charge in [-0.05, 0) is 35.9 Å². The summed E-state index contributed by atoms with van der Waals surface area (Å²) in [6.07, 6.45) is 3.04. The van der Waals surface area contributed by atoms with Crippen molar-refractivity contribution in [1.82, 2.24) is 20.1 Å². The molecule has 10 nitrogen and oxygen atoms in total. The zero-order valence-electron chi connectivity index (χ0n) is 20.7. The van der Waals surface area contributed by atoms with Gasteiger partial charge in [-0.1, -0.05) is 29.8 Å². The highest BCUT2D eigenvalue weighted by atomic mass is 35.5. The largest absolute Gasteiger partial charge is 0.465 e. The van der Waals surface area contributed by atoms with E-state index in [9.17, 15) is 19.5 Å². The number of pyridine rings is 1. The summed E-state index contributed by atoms with van der Waals surface area (Å²) >= 11 is 6.39. The number of halogens is 1. The van der Waals surface area contributed by atoms with E-state index in [1.807, 2.05) is 35.2 Å². The number of ether oxygens (including phenoxy) is 1. The van der Waals surface area contributed by atoms with E-state index in [0.717, 1.165) is 16.8 Å². The summed E-state index contributed by atoms with van der Waals surface area (Å²) < 4.78 is 6.47. The van der Waals surface area contributed by atoms with Crippen LogP contribution < -0.4 is 10.2 Å². The van der Waals surface area contributed by atoms with Crippen LogP contribution in [0.3, 0.4) is 0 Å². The number of rotatable bonds is 6. The standard InChI is InChI=1S/C28H22ClN5O5/c1-39-28(38)15-10-17(13-30-12-15)33-14-20(19-11-16(29)6-7-21(19)33)23-24(27(37)31-26(23)36)25-18-4-2-3-5-22(18)34(32-25)8-9-35/h2-7,10-13,20,35H,8-9,14H2,1H3,(H,31,36,37). The molecule has 196 valence electrons. The molecule has 0 radical (unpaired) electrons. The van der Waals surface area contributed by atoms with E-state index in [2.05, 4.69) is 15.4 Å². The van der Waals surface area contributed by atoms with Crippen molar-refractivity contribution in [2.75, 3.05) is 25.2 Å². The third kappa shape index (κ3) is 4.05. The summed E-state index contributed by atoms with van der Waals surface area (Å²) in [5, 5.41) is 17.8. The van der Waals surface area contributed by atoms with Gasteiger partial charge >= 0.3 is 5.97 Å². The number of hydrogen-bond donors (Lipinski definition) is 2. The number of carbonyl (C=O) groups is 3. The van der Waals surface area contributed by atoms with Crippen LogP contribution in [0, 0.1) is 0 Å². The number of esters is 1. The molecule has 6 rings (SSSR count). The lowest BCUT2D eigenvalue weighted by atomic mass is 9.89. The van der Waals surface area contributed by atoms with E-state index < -0.39 is 23.7 Å². The molecule has 1 unspecified atom stereocenters. The van der Waals surface area contributed by atoms with E-state index in [1.54, 1.807) is 29.1 Å². The van der Waals surface area contributed by atoms with Crippen molar-refractivity contribution in [3.8, 4) is 0 Å². The van der Waals surface area contributed by atoms with Crippen molar-refractivity contribution in [3.63, 3.8) is 0 Å². The molecule has 0 spiro atoms. The highest BCUT2D eigenvalue weighted by Crippen LogP contribution is 2.48. The van der Waals surface area contributed by atoms with Crippen molar-refractivity contribution in [1.29, 1.82) is 0 Å². The Morgan fingerprint density at radius 2 is 1.97 bits per heavy atom. The molecule has 0 bridgehead atoms. The van der Waals surface area contributed by atoms with Crippen LogP contribution in [0.4, 0.5) is 11.4 Å². The number of aliphatic hydroxyl groups excluding tert-OH is 1. The zero-order chi connectivity index (χ0) is 27.3. The smallest absolute Gasteiger partial charge is 0.339 e. The lowest BCUT2D eigenvalue weighted by molar-refractivity contribution is -0.123. The molecule has 0 fully saturated rings. The van der Waals surface area contributed by atoms with Gasteiger partial charge in [0.1, 0.15) is 5.69 Å². The number of carbonyl (C=O) groups excluding carboxylic acids is 3. The fraction of sp³-hybridized carbons (Fsp3) is 0.179. The lowest BCUT2D eigenvalue weighted by Crippen LogP contribution is -2.25. The first kappa shape index (κ1) is 24.8. The number of para-hydroxylation sites is 1. The lowest BCUT2D eigenvalue weighted by Gasteiger charge is -2.20. The molecule has 11 heteroatoms. The Bertz CT molecular complexity index is 1710. The van der Waals surface area contributed by atoms with Crippen LogP contribution in [-0.2, 0) is 20.9 Å². The Hall–Kier alpha value is -4.54. The molecular weight excluding hydrogens is 522 g/mol. The van der Waals surface area contributed by atoms with Gasteiger partial charge in [0, 0.05) is 40.3 Å². The van der Waals surface area contributed by atoms with Crippen molar-refractivity contribution in [2.45, 2.75) is 12.5 Å². The van der Waals surface area contributed by atoms with E-state index in [4.69, 9.17) is 16.3 Å². The van der Waals surface area contributed by atoms with Crippen molar-refractivity contribution < 1.29 is 24.2 Å². The molecule has 2 N–H and O–H groups in total. The third-order valence-electron chi connectivity index (χ3n) is 7.00. The van der Waals surface area contributed by atoms with Crippen LogP contribution in [0.25, 0.3) is 16.5 Å². The molecule has 4 aromatic rings. The van der Waals surface area contributed by atoms with Crippen LogP contribution in [0.15, 0.2) is 66.5 Å². The minimum atomic E-state index is -0.538. The van der Waals surface area contributed by atoms with Crippen LogP contribution >= 0.6 is 11.6 Å². The maximum atomic E-state index is 13.4. The Balaban J connectivity index is 1.53. The fourth-order valence-corrected chi connectivity index (χ4v) is 5.52. The molecule has 2 aromatic carbocycles. The molecule has 1 atom stereocenters. The van der Waals surface area contributed by atoms with Crippen molar-refractivity contribution in [3.05, 3.63) is 88.3 Å². The van der Waals surface area contributed by atoms with E-state index in [0.29, 0.717) is 21.8 Å². The van der Waals surface area contributed by atoms with Gasteiger partial charge < -0.3 is 14.7 Å². The van der Waals surface area contributed by atoms with Crippen LogP contribution in [0.5, 0.6) is 0 Å². The Morgan fingerprint density at radius 1 is 1.15 bits per heavy atom. The first-order valence-corrected chi connectivity index (χ1v) is 12.6. The molecule has 39 heavy (non-hydrogen) atoms. The summed E-state index contributed by atoms with van der Waals surface area (Å²) in [4.78, 5) is 44.9. The summed E-state index contributed by atoms with van der Waals surface area (Å²) in [7, 11) is 1.30. The van der Waals surface area contributed by atoms with Gasteiger partial charge in [0.25, 0.3) is 11.8 Å². The summed E-state index contributed by atoms with van der Waals surface area (Å²) in [6.45, 7) is 0.388. The summed E-state index contributed by atoms with van der Waals surface area (Å²) in [5.74, 6) is -2.10. The Kier molecular flexibility index (Phi) is 6.13. The number of benzene rings is 2. The van der Waals surface area contributed by atoms with Gasteiger partial charge in [-0.15, -0.1) is 0 Å². The normalized spacial score (nSPS) is 16.7. The predicted molar refractivity (Wildman–Crippen MR) is 144 cm³/mol. The second-order valence-corrected chi connectivity index (χ2v) is 9.61. The van der Waals surface area contributed by atoms with Crippen LogP contribution in [0.1, 0.15) is 27.5 Å². The van der Waals surface area contributed by atoms with E-state index in [1.165, 1.54) is 13.3 Å². The van der Waals surface area contributed by atoms with Gasteiger partial charge in [0.15, 0.2) is 0 Å². The first-order valence-electron chi connectivity index (χ1n) is 12.2. The maximum Gasteiger partial charge on any atom is 0.339 e. The minimum absolute atomic E-state index is 0.135. The maximum absolute atomic E-state index is 13.4. The van der Waals surface area contributed by atoms with Gasteiger partial charge in [-0.3, -0.25) is 24.6 Å². The molecule has 4 heterocycles. The monoisotopic (exact) mass is 543 g/mol. The SMILES string of the molecule is COC(=O)c1cncc(N2CC(C3=C(c4nn(CCO)c5ccccc45)C(=O)NC3=O)c3cc(Cl)ccc32)c1. The number of imide groups is 1. The number of nitrogens with zero attached hydrogens (tertiary/aromatic N) is 4.